The van der Waals surface area contributed by atoms with E-state index in [4.69, 9.17) is 4.74 Å². The van der Waals surface area contributed by atoms with Crippen LogP contribution in [0.1, 0.15) is 5.56 Å². The van der Waals surface area contributed by atoms with E-state index in [1.165, 1.54) is 6.26 Å². The second-order valence-corrected chi connectivity index (χ2v) is 3.85. The predicted molar refractivity (Wildman–Crippen MR) is 66.5 cm³/mol. The molecule has 1 aliphatic heterocycles. The number of para-hydroxylation sites is 1. The van der Waals surface area contributed by atoms with E-state index >= 15 is 0 Å². The van der Waals surface area contributed by atoms with E-state index in [-0.39, 0.29) is 0 Å². The molecule has 2 aromatic carbocycles. The van der Waals surface area contributed by atoms with Crippen LogP contribution in [0.5, 0.6) is 5.75 Å². The quantitative estimate of drug-likeness (QED) is 0.692. The third-order valence-electron chi connectivity index (χ3n) is 2.86. The maximum absolute atomic E-state index is 11.1. The van der Waals surface area contributed by atoms with E-state index in [2.05, 4.69) is 0 Å². The molecule has 0 fully saturated rings. The minimum atomic E-state index is 0.566. The Morgan fingerprint density at radius 3 is 2.24 bits per heavy atom. The average molecular weight is 222 g/mol. The first-order valence-corrected chi connectivity index (χ1v) is 5.41. The summed E-state index contributed by atoms with van der Waals surface area (Å²) in [6.07, 6.45) is 2.34. The van der Waals surface area contributed by atoms with Crippen molar-refractivity contribution in [3.63, 3.8) is 0 Å². The summed E-state index contributed by atoms with van der Waals surface area (Å²) in [4.78, 5) is 11.1. The zero-order chi connectivity index (χ0) is 11.7. The number of hydrogen-bond acceptors (Lipinski definition) is 2. The van der Waals surface area contributed by atoms with Gasteiger partial charge in [-0.25, -0.2) is 0 Å². The molecule has 0 atom stereocenters. The van der Waals surface area contributed by atoms with E-state index in [9.17, 15) is 4.79 Å². The number of carbonyl (C=O) groups excluding carboxylic acids is 1. The minimum Gasteiger partial charge on any atom is -0.464 e. The van der Waals surface area contributed by atoms with Gasteiger partial charge < -0.3 is 4.74 Å². The number of benzene rings is 2. The van der Waals surface area contributed by atoms with E-state index in [1.54, 1.807) is 0 Å². The van der Waals surface area contributed by atoms with Crippen molar-refractivity contribution in [2.75, 3.05) is 0 Å². The number of rotatable bonds is 1. The molecule has 0 bridgehead atoms. The molecule has 0 aliphatic carbocycles. The number of fused-ring (bicyclic) bond motifs is 3. The summed E-state index contributed by atoms with van der Waals surface area (Å²) < 4.78 is 5.54. The number of ether oxygens (including phenoxy) is 1. The fourth-order valence-electron chi connectivity index (χ4n) is 2.04. The third-order valence-corrected chi connectivity index (χ3v) is 2.86. The number of carbonyl (C=O) groups is 1. The van der Waals surface area contributed by atoms with E-state index in [1.807, 2.05) is 48.5 Å². The van der Waals surface area contributed by atoms with Crippen LogP contribution in [-0.2, 0) is 4.79 Å². The summed E-state index contributed by atoms with van der Waals surface area (Å²) in [7, 11) is 0. The maximum Gasteiger partial charge on any atom is 0.153 e. The van der Waals surface area contributed by atoms with E-state index < -0.39 is 0 Å². The largest absolute Gasteiger partial charge is 0.464 e. The first-order chi connectivity index (χ1) is 8.40. The van der Waals surface area contributed by atoms with Gasteiger partial charge in [-0.3, -0.25) is 4.79 Å². The van der Waals surface area contributed by atoms with Crippen molar-refractivity contribution in [1.29, 1.82) is 0 Å². The monoisotopic (exact) mass is 222 g/mol. The summed E-state index contributed by atoms with van der Waals surface area (Å²) >= 11 is 0. The van der Waals surface area contributed by atoms with Gasteiger partial charge in [-0.15, -0.1) is 0 Å². The van der Waals surface area contributed by atoms with Crippen molar-refractivity contribution in [3.8, 4) is 16.9 Å². The zero-order valence-electron chi connectivity index (χ0n) is 9.09. The Morgan fingerprint density at radius 2 is 1.47 bits per heavy atom. The van der Waals surface area contributed by atoms with E-state index in [0.29, 0.717) is 5.57 Å². The molecule has 0 radical (unpaired) electrons. The molecule has 1 aliphatic rings. The second kappa shape index (κ2) is 3.91. The lowest BCUT2D eigenvalue weighted by Gasteiger charge is -2.07. The molecule has 17 heavy (non-hydrogen) atoms. The molecule has 0 saturated heterocycles. The van der Waals surface area contributed by atoms with Gasteiger partial charge in [0.05, 0.1) is 5.57 Å². The van der Waals surface area contributed by atoms with Crippen molar-refractivity contribution in [2.45, 2.75) is 0 Å². The fraction of sp³-hybridized carbons (Fsp3) is 0. The molecule has 0 amide bonds. The van der Waals surface area contributed by atoms with Crippen LogP contribution in [0.15, 0.2) is 54.8 Å². The highest BCUT2D eigenvalue weighted by Gasteiger charge is 2.15. The first kappa shape index (κ1) is 9.85. The topological polar surface area (TPSA) is 26.3 Å². The van der Waals surface area contributed by atoms with Gasteiger partial charge in [0, 0.05) is 5.56 Å². The Bertz CT molecular complexity index is 612. The normalized spacial score (nSPS) is 12.6. The van der Waals surface area contributed by atoms with Crippen molar-refractivity contribution in [1.82, 2.24) is 0 Å². The Morgan fingerprint density at radius 1 is 0.824 bits per heavy atom. The van der Waals surface area contributed by atoms with E-state index in [0.717, 1.165) is 28.7 Å². The molecule has 0 spiro atoms. The summed E-state index contributed by atoms with van der Waals surface area (Å²) in [5.74, 6) is 0.775. The van der Waals surface area contributed by atoms with Crippen LogP contribution in [0.3, 0.4) is 0 Å². The minimum absolute atomic E-state index is 0.566. The highest BCUT2D eigenvalue weighted by atomic mass is 16.5. The molecule has 3 rings (SSSR count). The van der Waals surface area contributed by atoms with Crippen LogP contribution in [0.25, 0.3) is 16.7 Å². The molecule has 2 aromatic rings. The lowest BCUT2D eigenvalue weighted by molar-refractivity contribution is -0.103. The molecular formula is C15H10O2. The van der Waals surface area contributed by atoms with Crippen molar-refractivity contribution >= 4 is 11.9 Å². The summed E-state index contributed by atoms with van der Waals surface area (Å²) in [6.45, 7) is 0. The standard InChI is InChI=1S/C15H10O2/c16-9-11-10-17-15-8-4-3-7-14(15)13-6-2-1-5-12(11)13/h1-10H. The van der Waals surface area contributed by atoms with Gasteiger partial charge in [0.15, 0.2) is 6.29 Å². The fourth-order valence-corrected chi connectivity index (χ4v) is 2.04. The molecule has 0 unspecified atom stereocenters. The third kappa shape index (κ3) is 1.54. The molecule has 2 heteroatoms. The number of aldehydes is 1. The Labute approximate surface area is 99.2 Å². The van der Waals surface area contributed by atoms with Gasteiger partial charge in [0.25, 0.3) is 0 Å². The van der Waals surface area contributed by atoms with Crippen LogP contribution in [0.4, 0.5) is 0 Å². The SMILES string of the molecule is O=CC1=COc2ccccc2-c2ccccc21. The van der Waals surface area contributed by atoms with Crippen molar-refractivity contribution in [3.05, 3.63) is 60.4 Å². The van der Waals surface area contributed by atoms with Gasteiger partial charge in [-0.2, -0.15) is 0 Å². The number of hydrogen-bond donors (Lipinski definition) is 0. The Hall–Kier alpha value is -2.35. The summed E-state index contributed by atoms with van der Waals surface area (Å²) in [5, 5.41) is 0. The molecule has 1 heterocycles. The average Bonchev–Trinajstić information content (AvgIpc) is 2.56. The Balaban J connectivity index is 2.34. The van der Waals surface area contributed by atoms with Gasteiger partial charge in [0.1, 0.15) is 12.0 Å². The van der Waals surface area contributed by atoms with Crippen molar-refractivity contribution < 1.29 is 9.53 Å². The van der Waals surface area contributed by atoms with Crippen LogP contribution in [-0.4, -0.2) is 6.29 Å². The van der Waals surface area contributed by atoms with Crippen molar-refractivity contribution in [2.24, 2.45) is 0 Å². The van der Waals surface area contributed by atoms with Gasteiger partial charge in [0.2, 0.25) is 0 Å². The zero-order valence-corrected chi connectivity index (χ0v) is 9.09. The lowest BCUT2D eigenvalue weighted by Crippen LogP contribution is -1.88. The van der Waals surface area contributed by atoms with Crippen LogP contribution < -0.4 is 4.74 Å². The highest BCUT2D eigenvalue weighted by Crippen LogP contribution is 2.37. The lowest BCUT2D eigenvalue weighted by atomic mass is 9.96. The van der Waals surface area contributed by atoms with Crippen LogP contribution >= 0.6 is 0 Å². The smallest absolute Gasteiger partial charge is 0.153 e. The second-order valence-electron chi connectivity index (χ2n) is 3.85. The van der Waals surface area contributed by atoms with Gasteiger partial charge >= 0.3 is 0 Å². The van der Waals surface area contributed by atoms with Gasteiger partial charge in [-0.05, 0) is 17.2 Å². The molecule has 2 nitrogen and oxygen atoms in total. The molecular weight excluding hydrogens is 212 g/mol. The molecule has 0 saturated carbocycles. The molecule has 0 aromatic heterocycles. The molecule has 82 valence electrons. The number of allylic oxidation sites excluding steroid dienone is 1. The predicted octanol–water partition coefficient (Wildman–Crippen LogP) is 3.29. The van der Waals surface area contributed by atoms with Crippen LogP contribution in [0, 0.1) is 0 Å². The Kier molecular flexibility index (Phi) is 2.26. The van der Waals surface area contributed by atoms with Gasteiger partial charge in [-0.1, -0.05) is 42.5 Å². The van der Waals surface area contributed by atoms with Crippen LogP contribution in [0.2, 0.25) is 0 Å². The highest BCUT2D eigenvalue weighted by molar-refractivity contribution is 6.10. The summed E-state index contributed by atoms with van der Waals surface area (Å²) in [6, 6.07) is 15.6. The molecule has 0 N–H and O–H groups in total. The summed E-state index contributed by atoms with van der Waals surface area (Å²) in [5.41, 5.74) is 3.51. The maximum atomic E-state index is 11.1. The first-order valence-electron chi connectivity index (χ1n) is 5.41.